The molecule has 0 amide bonds. The van der Waals surface area contributed by atoms with E-state index in [0.29, 0.717) is 11.1 Å². The molecule has 0 aromatic heterocycles. The van der Waals surface area contributed by atoms with Crippen LogP contribution in [-0.4, -0.2) is 14.2 Å². The second-order valence-corrected chi connectivity index (χ2v) is 7.55. The molecule has 35 heavy (non-hydrogen) atoms. The van der Waals surface area contributed by atoms with Crippen LogP contribution in [0.15, 0.2) is 89.8 Å². The van der Waals surface area contributed by atoms with E-state index in [2.05, 4.69) is 18.6 Å². The lowest BCUT2D eigenvalue weighted by molar-refractivity contribution is 0.103. The lowest BCUT2D eigenvalue weighted by Crippen LogP contribution is -2.15. The van der Waals surface area contributed by atoms with Gasteiger partial charge in [0.1, 0.15) is 0 Å². The Morgan fingerprint density at radius 1 is 0.629 bits per heavy atom. The van der Waals surface area contributed by atoms with E-state index < -0.39 is 10.0 Å². The fourth-order valence-corrected chi connectivity index (χ4v) is 3.42. The van der Waals surface area contributed by atoms with E-state index in [0.717, 1.165) is 0 Å². The Bertz CT molecular complexity index is 971. The highest BCUT2D eigenvalue weighted by molar-refractivity contribution is 7.92. The first-order valence-corrected chi connectivity index (χ1v) is 14.2. The van der Waals surface area contributed by atoms with Crippen LogP contribution >= 0.6 is 0 Å². The summed E-state index contributed by atoms with van der Waals surface area (Å²) in [5.41, 5.74) is 1.07. The van der Waals surface area contributed by atoms with E-state index in [1.54, 1.807) is 66.7 Å². The van der Waals surface area contributed by atoms with Gasteiger partial charge in [0.2, 0.25) is 0 Å². The van der Waals surface area contributed by atoms with Crippen LogP contribution < -0.4 is 4.72 Å². The Labute approximate surface area is 215 Å². The third kappa shape index (κ3) is 14.2. The molecule has 0 aliphatic carbocycles. The molecule has 0 fully saturated rings. The van der Waals surface area contributed by atoms with Crippen molar-refractivity contribution >= 4 is 21.5 Å². The molecule has 0 spiro atoms. The molecule has 0 heterocycles. The van der Waals surface area contributed by atoms with Crippen molar-refractivity contribution in [1.29, 1.82) is 0 Å². The summed E-state index contributed by atoms with van der Waals surface area (Å²) in [4.78, 5) is 12.8. The molecule has 0 saturated heterocycles. The Morgan fingerprint density at radius 3 is 1.46 bits per heavy atom. The summed E-state index contributed by atoms with van der Waals surface area (Å²) >= 11 is 0. The molecule has 3 aromatic carbocycles. The maximum Gasteiger partial charge on any atom is 0.261 e. The minimum atomic E-state index is -3.75. The van der Waals surface area contributed by atoms with Crippen molar-refractivity contribution < 1.29 is 13.2 Å². The van der Waals surface area contributed by atoms with Crippen LogP contribution in [0.2, 0.25) is 0 Å². The highest BCUT2D eigenvalue weighted by Gasteiger charge is 2.18. The lowest BCUT2D eigenvalue weighted by Gasteiger charge is -2.12. The third-order valence-electron chi connectivity index (χ3n) is 3.51. The second-order valence-electron chi connectivity index (χ2n) is 5.87. The highest BCUT2D eigenvalue weighted by Crippen LogP contribution is 2.22. The van der Waals surface area contributed by atoms with Crippen LogP contribution in [0.1, 0.15) is 91.6 Å². The van der Waals surface area contributed by atoms with Gasteiger partial charge in [-0.25, -0.2) is 8.42 Å². The predicted octanol–water partition coefficient (Wildman–Crippen LogP) is 9.24. The summed E-state index contributed by atoms with van der Waals surface area (Å²) in [5, 5.41) is 0. The van der Waals surface area contributed by atoms with Gasteiger partial charge in [-0.3, -0.25) is 9.52 Å². The standard InChI is InChI=1S/C19H15NO3S.C3H8.4C2H6/c21-19(15-9-3-1-4-10-15)17-13-7-8-14-18(17)20-24(22,23)16-11-5-2-6-12-16;1-3-2;4*1-2/h1-14,20H;3H2,1-2H3;4*1-2H3. The highest BCUT2D eigenvalue weighted by atomic mass is 32.2. The third-order valence-corrected chi connectivity index (χ3v) is 4.89. The first kappa shape index (κ1) is 36.6. The molecule has 1 N–H and O–H groups in total. The van der Waals surface area contributed by atoms with Gasteiger partial charge in [0.05, 0.1) is 10.6 Å². The number of para-hydroxylation sites is 1. The van der Waals surface area contributed by atoms with Crippen molar-refractivity contribution in [3.05, 3.63) is 96.1 Å². The summed E-state index contributed by atoms with van der Waals surface area (Å²) < 4.78 is 27.5. The number of sulfonamides is 1. The number of hydrogen-bond donors (Lipinski definition) is 1. The molecule has 0 unspecified atom stereocenters. The SMILES string of the molecule is CC.CC.CC.CC.CCC.O=C(c1ccccc1)c1ccccc1NS(=O)(=O)c1ccccc1. The molecule has 196 valence electrons. The molecule has 5 heteroatoms. The van der Waals surface area contributed by atoms with E-state index in [1.807, 2.05) is 61.5 Å². The molecular weight excluding hydrogens is 454 g/mol. The molecule has 0 radical (unpaired) electrons. The zero-order chi connectivity index (χ0) is 27.7. The maximum absolute atomic E-state index is 12.7. The van der Waals surface area contributed by atoms with Gasteiger partial charge < -0.3 is 0 Å². The van der Waals surface area contributed by atoms with Crippen molar-refractivity contribution in [3.8, 4) is 0 Å². The fraction of sp³-hybridized carbons (Fsp3) is 0.367. The van der Waals surface area contributed by atoms with Gasteiger partial charge in [0.15, 0.2) is 5.78 Å². The lowest BCUT2D eigenvalue weighted by atomic mass is 10.0. The molecular formula is C30H47NO3S. The van der Waals surface area contributed by atoms with E-state index in [9.17, 15) is 13.2 Å². The van der Waals surface area contributed by atoms with E-state index in [-0.39, 0.29) is 16.4 Å². The monoisotopic (exact) mass is 501 g/mol. The van der Waals surface area contributed by atoms with Crippen molar-refractivity contribution in [3.63, 3.8) is 0 Å². The summed E-state index contributed by atoms with van der Waals surface area (Å²) in [5.74, 6) is -0.234. The minimum Gasteiger partial charge on any atom is -0.289 e. The number of carbonyl (C=O) groups excluding carboxylic acids is 1. The quantitative estimate of drug-likeness (QED) is 0.354. The zero-order valence-electron chi connectivity index (χ0n) is 23.4. The Kier molecular flexibility index (Phi) is 25.3. The molecule has 0 aliphatic rings. The van der Waals surface area contributed by atoms with Crippen LogP contribution in [0.5, 0.6) is 0 Å². The fourth-order valence-electron chi connectivity index (χ4n) is 2.32. The number of hydrogen-bond acceptors (Lipinski definition) is 3. The van der Waals surface area contributed by atoms with Crippen LogP contribution in [0.25, 0.3) is 0 Å². The summed E-state index contributed by atoms with van der Waals surface area (Å²) in [6.45, 7) is 20.2. The number of nitrogens with one attached hydrogen (secondary N) is 1. The van der Waals surface area contributed by atoms with Gasteiger partial charge in [0.25, 0.3) is 10.0 Å². The summed E-state index contributed by atoms with van der Waals surface area (Å²) in [6, 6.07) is 23.4. The number of carbonyl (C=O) groups is 1. The smallest absolute Gasteiger partial charge is 0.261 e. The van der Waals surface area contributed by atoms with Crippen LogP contribution in [0, 0.1) is 0 Å². The van der Waals surface area contributed by atoms with Gasteiger partial charge in [0, 0.05) is 11.1 Å². The van der Waals surface area contributed by atoms with Crippen LogP contribution in [-0.2, 0) is 10.0 Å². The second kappa shape index (κ2) is 24.2. The Morgan fingerprint density at radius 2 is 1.00 bits per heavy atom. The van der Waals surface area contributed by atoms with Gasteiger partial charge in [-0.1, -0.05) is 136 Å². The summed E-state index contributed by atoms with van der Waals surface area (Å²) in [6.07, 6.45) is 1.25. The first-order chi connectivity index (χ1) is 17.0. The van der Waals surface area contributed by atoms with Crippen molar-refractivity contribution in [1.82, 2.24) is 0 Å². The van der Waals surface area contributed by atoms with Crippen LogP contribution in [0.3, 0.4) is 0 Å². The average molecular weight is 502 g/mol. The predicted molar refractivity (Wildman–Crippen MR) is 155 cm³/mol. The number of rotatable bonds is 5. The molecule has 3 aromatic rings. The molecule has 4 nitrogen and oxygen atoms in total. The largest absolute Gasteiger partial charge is 0.289 e. The first-order valence-electron chi connectivity index (χ1n) is 12.8. The van der Waals surface area contributed by atoms with E-state index in [1.165, 1.54) is 18.6 Å². The molecule has 0 saturated carbocycles. The molecule has 3 rings (SSSR count). The average Bonchev–Trinajstić information content (AvgIpc) is 2.94. The number of ketones is 1. The van der Waals surface area contributed by atoms with Gasteiger partial charge >= 0.3 is 0 Å². The minimum absolute atomic E-state index is 0.145. The van der Waals surface area contributed by atoms with Gasteiger partial charge in [-0.15, -0.1) is 0 Å². The summed E-state index contributed by atoms with van der Waals surface area (Å²) in [7, 11) is -3.75. The molecule has 0 atom stereocenters. The normalized spacial score (nSPS) is 8.74. The number of anilines is 1. The van der Waals surface area contributed by atoms with Gasteiger partial charge in [-0.05, 0) is 24.3 Å². The van der Waals surface area contributed by atoms with Gasteiger partial charge in [-0.2, -0.15) is 0 Å². The Balaban J connectivity index is -0.000000815. The molecule has 0 bridgehead atoms. The Hall–Kier alpha value is -2.92. The van der Waals surface area contributed by atoms with Crippen LogP contribution in [0.4, 0.5) is 5.69 Å². The zero-order valence-corrected chi connectivity index (χ0v) is 24.2. The number of benzene rings is 3. The maximum atomic E-state index is 12.7. The van der Waals surface area contributed by atoms with Crippen molar-refractivity contribution in [2.75, 3.05) is 4.72 Å². The van der Waals surface area contributed by atoms with Crippen molar-refractivity contribution in [2.45, 2.75) is 80.6 Å². The van der Waals surface area contributed by atoms with E-state index in [4.69, 9.17) is 0 Å². The van der Waals surface area contributed by atoms with E-state index >= 15 is 0 Å². The molecule has 0 aliphatic heterocycles. The van der Waals surface area contributed by atoms with Crippen molar-refractivity contribution in [2.24, 2.45) is 0 Å². The topological polar surface area (TPSA) is 63.2 Å².